The van der Waals surface area contributed by atoms with Gasteiger partial charge in [-0.25, -0.2) is 4.39 Å². The highest BCUT2D eigenvalue weighted by molar-refractivity contribution is 5.35. The summed E-state index contributed by atoms with van der Waals surface area (Å²) in [6, 6.07) is 9.81. The minimum absolute atomic E-state index is 0.300. The van der Waals surface area contributed by atoms with Gasteiger partial charge in [0.1, 0.15) is 5.82 Å². The number of benzene rings is 2. The van der Waals surface area contributed by atoms with Gasteiger partial charge >= 0.3 is 5.69 Å². The molecule has 6 heteroatoms. The lowest BCUT2D eigenvalue weighted by atomic mass is 10.2. The van der Waals surface area contributed by atoms with E-state index in [1.807, 2.05) is 0 Å². The van der Waals surface area contributed by atoms with Crippen molar-refractivity contribution in [3.63, 3.8) is 0 Å². The lowest BCUT2D eigenvalue weighted by Crippen LogP contribution is -2.12. The van der Waals surface area contributed by atoms with E-state index in [0.29, 0.717) is 18.7 Å². The molecular formula is C14H12F2N2O2. The van der Waals surface area contributed by atoms with Gasteiger partial charge in [-0.05, 0) is 29.3 Å². The summed E-state index contributed by atoms with van der Waals surface area (Å²) in [4.78, 5) is 9.72. The standard InChI is InChI=1S/C14H12F2N2O2/c15-12-4-1-10(2-5-12)8-17-9-11-3-6-14(18(19)20)13(16)7-11/h1-7,17H,8-9H2. The number of rotatable bonds is 5. The number of hydrogen-bond acceptors (Lipinski definition) is 3. The van der Waals surface area contributed by atoms with Crippen LogP contribution in [0.25, 0.3) is 0 Å². The summed E-state index contributed by atoms with van der Waals surface area (Å²) in [5.74, 6) is -1.15. The largest absolute Gasteiger partial charge is 0.309 e. The molecule has 1 N–H and O–H groups in total. The molecule has 0 aromatic heterocycles. The predicted molar refractivity (Wildman–Crippen MR) is 70.0 cm³/mol. The molecule has 2 aromatic carbocycles. The van der Waals surface area contributed by atoms with Crippen molar-refractivity contribution in [1.82, 2.24) is 5.32 Å². The van der Waals surface area contributed by atoms with Gasteiger partial charge in [-0.15, -0.1) is 0 Å². The van der Waals surface area contributed by atoms with Gasteiger partial charge < -0.3 is 5.32 Å². The highest BCUT2D eigenvalue weighted by Gasteiger charge is 2.13. The Morgan fingerprint density at radius 1 is 1.00 bits per heavy atom. The zero-order valence-corrected chi connectivity index (χ0v) is 10.5. The highest BCUT2D eigenvalue weighted by atomic mass is 19.1. The van der Waals surface area contributed by atoms with Gasteiger partial charge in [0.15, 0.2) is 0 Å². The molecule has 2 rings (SSSR count). The van der Waals surface area contributed by atoms with E-state index in [4.69, 9.17) is 0 Å². The van der Waals surface area contributed by atoms with Crippen LogP contribution in [-0.4, -0.2) is 4.92 Å². The Labute approximate surface area is 114 Å². The zero-order valence-electron chi connectivity index (χ0n) is 10.5. The highest BCUT2D eigenvalue weighted by Crippen LogP contribution is 2.17. The Morgan fingerprint density at radius 3 is 2.20 bits per heavy atom. The van der Waals surface area contributed by atoms with Crippen molar-refractivity contribution in [1.29, 1.82) is 0 Å². The molecule has 0 spiro atoms. The maximum absolute atomic E-state index is 13.4. The van der Waals surface area contributed by atoms with Crippen LogP contribution < -0.4 is 5.32 Å². The average Bonchev–Trinajstić information content (AvgIpc) is 2.41. The topological polar surface area (TPSA) is 55.2 Å². The third kappa shape index (κ3) is 3.58. The smallest absolute Gasteiger partial charge is 0.304 e. The molecule has 2 aromatic rings. The summed E-state index contributed by atoms with van der Waals surface area (Å²) in [7, 11) is 0. The lowest BCUT2D eigenvalue weighted by molar-refractivity contribution is -0.387. The monoisotopic (exact) mass is 278 g/mol. The van der Waals surface area contributed by atoms with Crippen LogP contribution in [0.5, 0.6) is 0 Å². The van der Waals surface area contributed by atoms with Crippen LogP contribution in [0.15, 0.2) is 42.5 Å². The normalized spacial score (nSPS) is 10.5. The number of nitro benzene ring substituents is 1. The lowest BCUT2D eigenvalue weighted by Gasteiger charge is -2.05. The molecule has 0 aliphatic rings. The molecule has 0 aliphatic carbocycles. The fourth-order valence-corrected chi connectivity index (χ4v) is 1.76. The Hall–Kier alpha value is -2.34. The molecule has 0 heterocycles. The summed E-state index contributed by atoms with van der Waals surface area (Å²) < 4.78 is 26.1. The Bertz CT molecular complexity index is 615. The van der Waals surface area contributed by atoms with E-state index in [1.165, 1.54) is 18.2 Å². The van der Waals surface area contributed by atoms with E-state index in [-0.39, 0.29) is 5.82 Å². The zero-order chi connectivity index (χ0) is 14.5. The number of nitro groups is 1. The Morgan fingerprint density at radius 2 is 1.60 bits per heavy atom. The van der Waals surface area contributed by atoms with Crippen LogP contribution in [0.4, 0.5) is 14.5 Å². The van der Waals surface area contributed by atoms with Crippen LogP contribution in [0.3, 0.4) is 0 Å². The summed E-state index contributed by atoms with van der Waals surface area (Å²) in [6.45, 7) is 0.866. The maximum Gasteiger partial charge on any atom is 0.304 e. The first-order valence-electron chi connectivity index (χ1n) is 5.94. The van der Waals surface area contributed by atoms with Crippen molar-refractivity contribution in [2.24, 2.45) is 0 Å². The van der Waals surface area contributed by atoms with Crippen molar-refractivity contribution >= 4 is 5.69 Å². The van der Waals surface area contributed by atoms with E-state index in [0.717, 1.165) is 17.7 Å². The molecule has 0 aliphatic heterocycles. The van der Waals surface area contributed by atoms with E-state index >= 15 is 0 Å². The van der Waals surface area contributed by atoms with Crippen LogP contribution >= 0.6 is 0 Å². The molecular weight excluding hydrogens is 266 g/mol. The van der Waals surface area contributed by atoms with Gasteiger partial charge in [-0.3, -0.25) is 10.1 Å². The molecule has 0 bridgehead atoms. The quantitative estimate of drug-likeness (QED) is 0.675. The van der Waals surface area contributed by atoms with E-state index in [9.17, 15) is 18.9 Å². The minimum atomic E-state index is -0.851. The first-order chi connectivity index (χ1) is 9.56. The van der Waals surface area contributed by atoms with Crippen LogP contribution in [0.2, 0.25) is 0 Å². The van der Waals surface area contributed by atoms with E-state index in [2.05, 4.69) is 5.32 Å². The molecule has 104 valence electrons. The molecule has 0 radical (unpaired) electrons. The summed E-state index contributed by atoms with van der Waals surface area (Å²) in [6.07, 6.45) is 0. The molecule has 0 unspecified atom stereocenters. The predicted octanol–water partition coefficient (Wildman–Crippen LogP) is 3.16. The summed E-state index contributed by atoms with van der Waals surface area (Å²) >= 11 is 0. The van der Waals surface area contributed by atoms with Crippen molar-refractivity contribution in [3.05, 3.63) is 75.3 Å². The second-order valence-corrected chi connectivity index (χ2v) is 4.27. The van der Waals surface area contributed by atoms with E-state index in [1.54, 1.807) is 12.1 Å². The minimum Gasteiger partial charge on any atom is -0.309 e. The molecule has 20 heavy (non-hydrogen) atoms. The van der Waals surface area contributed by atoms with Gasteiger partial charge in [0.2, 0.25) is 5.82 Å². The molecule has 0 amide bonds. The number of nitrogens with zero attached hydrogens (tertiary/aromatic N) is 1. The maximum atomic E-state index is 13.4. The van der Waals surface area contributed by atoms with E-state index < -0.39 is 16.4 Å². The third-order valence-electron chi connectivity index (χ3n) is 2.78. The second kappa shape index (κ2) is 6.21. The second-order valence-electron chi connectivity index (χ2n) is 4.27. The van der Waals surface area contributed by atoms with Gasteiger partial charge in [0.05, 0.1) is 4.92 Å². The SMILES string of the molecule is O=[N+]([O-])c1ccc(CNCc2ccc(F)cc2)cc1F. The number of halogens is 2. The van der Waals surface area contributed by atoms with Gasteiger partial charge in [0, 0.05) is 19.2 Å². The fraction of sp³-hybridized carbons (Fsp3) is 0.143. The molecule has 4 nitrogen and oxygen atoms in total. The first kappa shape index (κ1) is 14.1. The molecule has 0 fully saturated rings. The van der Waals surface area contributed by atoms with Crippen molar-refractivity contribution in [2.45, 2.75) is 13.1 Å². The van der Waals surface area contributed by atoms with Gasteiger partial charge in [0.25, 0.3) is 0 Å². The Kier molecular flexibility index (Phi) is 4.37. The summed E-state index contributed by atoms with van der Waals surface area (Å²) in [5.41, 5.74) is 0.969. The number of nitrogens with one attached hydrogen (secondary N) is 1. The van der Waals surface area contributed by atoms with Crippen LogP contribution in [0, 0.1) is 21.7 Å². The van der Waals surface area contributed by atoms with Crippen molar-refractivity contribution in [3.8, 4) is 0 Å². The summed E-state index contributed by atoms with van der Waals surface area (Å²) in [5, 5.41) is 13.5. The van der Waals surface area contributed by atoms with Crippen LogP contribution in [0.1, 0.15) is 11.1 Å². The van der Waals surface area contributed by atoms with Gasteiger partial charge in [-0.2, -0.15) is 4.39 Å². The molecule has 0 atom stereocenters. The average molecular weight is 278 g/mol. The van der Waals surface area contributed by atoms with Crippen LogP contribution in [-0.2, 0) is 13.1 Å². The Balaban J connectivity index is 1.92. The number of hydrogen-bond donors (Lipinski definition) is 1. The first-order valence-corrected chi connectivity index (χ1v) is 5.94. The molecule has 0 saturated heterocycles. The van der Waals surface area contributed by atoms with Crippen molar-refractivity contribution < 1.29 is 13.7 Å². The van der Waals surface area contributed by atoms with Gasteiger partial charge in [-0.1, -0.05) is 18.2 Å². The van der Waals surface area contributed by atoms with Crippen molar-refractivity contribution in [2.75, 3.05) is 0 Å². The molecule has 0 saturated carbocycles. The fourth-order valence-electron chi connectivity index (χ4n) is 1.76. The third-order valence-corrected chi connectivity index (χ3v) is 2.78.